The highest BCUT2D eigenvalue weighted by Crippen LogP contribution is 2.16. The summed E-state index contributed by atoms with van der Waals surface area (Å²) in [6.45, 7) is 6.55. The van der Waals surface area contributed by atoms with E-state index in [1.807, 2.05) is 6.08 Å². The van der Waals surface area contributed by atoms with Gasteiger partial charge >= 0.3 is 17.9 Å². The van der Waals surface area contributed by atoms with E-state index in [-0.39, 0.29) is 37.5 Å². The summed E-state index contributed by atoms with van der Waals surface area (Å²) < 4.78 is 16.8. The molecule has 0 bridgehead atoms. The standard InChI is InChI=1S/C65H112O6/c1-4-7-10-13-16-19-22-25-28-30-32-34-37-39-42-45-48-51-54-57-63(66)69-60-62(71-65(68)59-56-53-50-47-44-41-36-27-24-21-18-15-12-9-6-3)61-70-64(67)58-55-52-49-46-43-40-38-35-33-31-29-26-23-20-17-14-11-8-5-2/h16-17,19-20,25-26,28-29,32,34,39,42,48,51,62H,4-15,18,21-24,27,30-31,33,35-38,40-41,43-47,49-50,52-61H2,1-3H3/b19-16-,20-17-,28-25-,29-26-,34-32-,42-39-,51-48-/t62-/m1/s1. The Morgan fingerprint density at radius 2 is 0.535 bits per heavy atom. The van der Waals surface area contributed by atoms with Crippen molar-refractivity contribution >= 4 is 17.9 Å². The van der Waals surface area contributed by atoms with Gasteiger partial charge < -0.3 is 14.2 Å². The van der Waals surface area contributed by atoms with Gasteiger partial charge in [-0.3, -0.25) is 14.4 Å². The number of esters is 3. The maximum Gasteiger partial charge on any atom is 0.306 e. The summed E-state index contributed by atoms with van der Waals surface area (Å²) in [7, 11) is 0. The van der Waals surface area contributed by atoms with Crippen molar-refractivity contribution in [3.8, 4) is 0 Å². The predicted octanol–water partition coefficient (Wildman–Crippen LogP) is 20.3. The zero-order valence-corrected chi connectivity index (χ0v) is 46.7. The first-order valence-corrected chi connectivity index (χ1v) is 30.1. The monoisotopic (exact) mass is 989 g/mol. The molecule has 0 radical (unpaired) electrons. The van der Waals surface area contributed by atoms with Crippen LogP contribution in [-0.2, 0) is 28.6 Å². The molecule has 0 unspecified atom stereocenters. The van der Waals surface area contributed by atoms with Gasteiger partial charge in [-0.1, -0.05) is 266 Å². The Labute approximate surface area is 439 Å². The van der Waals surface area contributed by atoms with Crippen molar-refractivity contribution in [2.45, 2.75) is 297 Å². The van der Waals surface area contributed by atoms with Crippen LogP contribution in [0.3, 0.4) is 0 Å². The third kappa shape index (κ3) is 57.4. The summed E-state index contributed by atoms with van der Waals surface area (Å²) in [5.41, 5.74) is 0. The van der Waals surface area contributed by atoms with E-state index in [9.17, 15) is 14.4 Å². The number of unbranched alkanes of at least 4 members (excludes halogenated alkanes) is 29. The Balaban J connectivity index is 4.47. The molecule has 0 aromatic rings. The van der Waals surface area contributed by atoms with Gasteiger partial charge in [-0.05, 0) is 89.9 Å². The fourth-order valence-electron chi connectivity index (χ4n) is 8.34. The van der Waals surface area contributed by atoms with Gasteiger partial charge in [0.1, 0.15) is 13.2 Å². The van der Waals surface area contributed by atoms with Gasteiger partial charge in [0.25, 0.3) is 0 Å². The SMILES string of the molecule is CCCCC/C=C\C/C=C\C/C=C\C/C=C\C/C=C\CCC(=O)OC[C@H](COC(=O)CCCCCCCCCCC/C=C\C/C=C\CCCCC)OC(=O)CCCCCCCCCCCCCCCCC. The van der Waals surface area contributed by atoms with Crippen LogP contribution in [-0.4, -0.2) is 37.2 Å². The fraction of sp³-hybridized carbons (Fsp3) is 0.738. The maximum atomic E-state index is 12.9. The highest BCUT2D eigenvalue weighted by molar-refractivity contribution is 5.71. The zero-order chi connectivity index (χ0) is 51.4. The van der Waals surface area contributed by atoms with Crippen LogP contribution in [0.4, 0.5) is 0 Å². The van der Waals surface area contributed by atoms with Crippen LogP contribution < -0.4 is 0 Å². The van der Waals surface area contributed by atoms with E-state index < -0.39 is 6.10 Å². The Morgan fingerprint density at radius 3 is 0.901 bits per heavy atom. The van der Waals surface area contributed by atoms with Gasteiger partial charge in [-0.25, -0.2) is 0 Å². The number of ether oxygens (including phenoxy) is 3. The molecule has 0 saturated heterocycles. The molecular weight excluding hydrogens is 877 g/mol. The lowest BCUT2D eigenvalue weighted by atomic mass is 10.0. The normalized spacial score (nSPS) is 12.7. The number of hydrogen-bond donors (Lipinski definition) is 0. The van der Waals surface area contributed by atoms with Gasteiger partial charge in [0.05, 0.1) is 0 Å². The minimum Gasteiger partial charge on any atom is -0.462 e. The van der Waals surface area contributed by atoms with Crippen molar-refractivity contribution in [1.29, 1.82) is 0 Å². The van der Waals surface area contributed by atoms with E-state index in [1.165, 1.54) is 173 Å². The third-order valence-corrected chi connectivity index (χ3v) is 12.9. The van der Waals surface area contributed by atoms with E-state index >= 15 is 0 Å². The lowest BCUT2D eigenvalue weighted by Gasteiger charge is -2.18. The smallest absolute Gasteiger partial charge is 0.306 e. The molecule has 408 valence electrons. The van der Waals surface area contributed by atoms with Gasteiger partial charge in [0.15, 0.2) is 6.10 Å². The Hall–Kier alpha value is -3.41. The van der Waals surface area contributed by atoms with E-state index in [1.54, 1.807) is 0 Å². The molecule has 0 N–H and O–H groups in total. The van der Waals surface area contributed by atoms with Crippen LogP contribution in [0.25, 0.3) is 0 Å². The molecule has 0 amide bonds. The van der Waals surface area contributed by atoms with Gasteiger partial charge in [0.2, 0.25) is 0 Å². The second-order valence-electron chi connectivity index (χ2n) is 19.9. The fourth-order valence-corrected chi connectivity index (χ4v) is 8.34. The first kappa shape index (κ1) is 67.6. The van der Waals surface area contributed by atoms with Crippen LogP contribution in [0.5, 0.6) is 0 Å². The van der Waals surface area contributed by atoms with Crippen molar-refractivity contribution in [3.63, 3.8) is 0 Å². The van der Waals surface area contributed by atoms with Crippen LogP contribution in [0.2, 0.25) is 0 Å². The molecule has 71 heavy (non-hydrogen) atoms. The minimum atomic E-state index is -0.807. The average molecular weight is 990 g/mol. The summed E-state index contributed by atoms with van der Waals surface area (Å²) >= 11 is 0. The highest BCUT2D eigenvalue weighted by Gasteiger charge is 2.19. The number of carbonyl (C=O) groups excluding carboxylic acids is 3. The topological polar surface area (TPSA) is 78.9 Å². The predicted molar refractivity (Wildman–Crippen MR) is 307 cm³/mol. The summed E-state index contributed by atoms with van der Waals surface area (Å²) in [6.07, 6.45) is 77.2. The molecule has 0 aliphatic rings. The number of carbonyl (C=O) groups is 3. The Bertz CT molecular complexity index is 1370. The van der Waals surface area contributed by atoms with Gasteiger partial charge in [0, 0.05) is 19.3 Å². The third-order valence-electron chi connectivity index (χ3n) is 12.9. The largest absolute Gasteiger partial charge is 0.462 e. The molecule has 0 heterocycles. The van der Waals surface area contributed by atoms with Crippen molar-refractivity contribution < 1.29 is 28.6 Å². The molecule has 0 aliphatic heterocycles. The minimum absolute atomic E-state index is 0.0996. The zero-order valence-electron chi connectivity index (χ0n) is 46.7. The molecule has 0 rings (SSSR count). The molecule has 0 aliphatic carbocycles. The Kier molecular flexibility index (Phi) is 56.3. The summed E-state index contributed by atoms with van der Waals surface area (Å²) in [5, 5.41) is 0. The van der Waals surface area contributed by atoms with Crippen molar-refractivity contribution in [2.75, 3.05) is 13.2 Å². The molecule has 6 heteroatoms. The molecule has 1 atom stereocenters. The Morgan fingerprint density at radius 1 is 0.282 bits per heavy atom. The van der Waals surface area contributed by atoms with E-state index in [4.69, 9.17) is 14.2 Å². The molecule has 0 aromatic heterocycles. The van der Waals surface area contributed by atoms with E-state index in [0.717, 1.165) is 70.6 Å². The van der Waals surface area contributed by atoms with Crippen molar-refractivity contribution in [2.24, 2.45) is 0 Å². The molecule has 0 fully saturated rings. The van der Waals surface area contributed by atoms with Crippen LogP contribution >= 0.6 is 0 Å². The first-order valence-electron chi connectivity index (χ1n) is 30.1. The van der Waals surface area contributed by atoms with E-state index in [2.05, 4.69) is 99.8 Å². The summed E-state index contributed by atoms with van der Waals surface area (Å²) in [5.74, 6) is -0.979. The van der Waals surface area contributed by atoms with Crippen molar-refractivity contribution in [1.82, 2.24) is 0 Å². The van der Waals surface area contributed by atoms with Crippen LogP contribution in [0.15, 0.2) is 85.1 Å². The van der Waals surface area contributed by atoms with E-state index in [0.29, 0.717) is 19.3 Å². The molecule has 0 aromatic carbocycles. The van der Waals surface area contributed by atoms with Crippen LogP contribution in [0, 0.1) is 0 Å². The van der Waals surface area contributed by atoms with Crippen molar-refractivity contribution in [3.05, 3.63) is 85.1 Å². The summed E-state index contributed by atoms with van der Waals surface area (Å²) in [6, 6.07) is 0. The first-order chi connectivity index (χ1) is 35.0. The molecule has 6 nitrogen and oxygen atoms in total. The number of allylic oxidation sites excluding steroid dienone is 14. The molecule has 0 saturated carbocycles. The number of rotatable bonds is 54. The summed E-state index contributed by atoms with van der Waals surface area (Å²) in [4.78, 5) is 38.2. The van der Waals surface area contributed by atoms with Gasteiger partial charge in [-0.2, -0.15) is 0 Å². The molecule has 0 spiro atoms. The quantitative estimate of drug-likeness (QED) is 0.0261. The van der Waals surface area contributed by atoms with Crippen LogP contribution in [0.1, 0.15) is 290 Å². The average Bonchev–Trinajstić information content (AvgIpc) is 3.37. The maximum absolute atomic E-state index is 12.9. The highest BCUT2D eigenvalue weighted by atomic mass is 16.6. The number of hydrogen-bond acceptors (Lipinski definition) is 6. The lowest BCUT2D eigenvalue weighted by molar-refractivity contribution is -0.166. The van der Waals surface area contributed by atoms with Gasteiger partial charge in [-0.15, -0.1) is 0 Å². The lowest BCUT2D eigenvalue weighted by Crippen LogP contribution is -2.30. The molecular formula is C65H112O6. The second kappa shape index (κ2) is 59.2. The second-order valence-corrected chi connectivity index (χ2v) is 19.9.